The molecule has 0 saturated carbocycles. The van der Waals surface area contributed by atoms with Crippen LogP contribution in [0.1, 0.15) is 48.0 Å². The summed E-state index contributed by atoms with van der Waals surface area (Å²) in [6.45, 7) is 0.883. The number of carbonyl (C=O) groups is 3. The van der Waals surface area contributed by atoms with Crippen molar-refractivity contribution in [2.45, 2.75) is 38.6 Å². The van der Waals surface area contributed by atoms with Crippen LogP contribution in [-0.4, -0.2) is 36.3 Å². The number of nitrogens with zero attached hydrogens (tertiary/aromatic N) is 1. The topological polar surface area (TPSA) is 75.7 Å². The molecule has 3 rings (SSSR count). The first-order valence-electron chi connectivity index (χ1n) is 9.99. The highest BCUT2D eigenvalue weighted by Gasteiger charge is 2.24. The average Bonchev–Trinajstić information content (AvgIpc) is 2.98. The molecule has 0 spiro atoms. The van der Waals surface area contributed by atoms with E-state index in [2.05, 4.69) is 22.2 Å². The van der Waals surface area contributed by atoms with Crippen molar-refractivity contribution in [3.05, 3.63) is 69.9 Å². The number of nitrogens with one attached hydrogen (secondary N) is 1. The second kappa shape index (κ2) is 10.3. The number of amides is 2. The number of ether oxygens (including phenoxy) is 1. The molecule has 0 saturated heterocycles. The molecule has 30 heavy (non-hydrogen) atoms. The lowest BCUT2D eigenvalue weighted by atomic mass is 10.0. The minimum Gasteiger partial charge on any atom is -0.469 e. The second-order valence-electron chi connectivity index (χ2n) is 7.17. The molecule has 1 aliphatic carbocycles. The maximum absolute atomic E-state index is 13.2. The number of methoxy groups -OCH3 is 1. The van der Waals surface area contributed by atoms with Gasteiger partial charge in [-0.15, -0.1) is 0 Å². The van der Waals surface area contributed by atoms with Crippen LogP contribution in [0.25, 0.3) is 0 Å². The molecule has 1 aromatic carbocycles. The Morgan fingerprint density at radius 2 is 2.07 bits per heavy atom. The van der Waals surface area contributed by atoms with Gasteiger partial charge in [0.2, 0.25) is 5.91 Å². The smallest absolute Gasteiger partial charge is 0.306 e. The van der Waals surface area contributed by atoms with E-state index in [0.717, 1.165) is 25.0 Å². The SMILES string of the molecule is COC(=O)CCC(=O)NCc1ccc(C(=O)N2CCCC=C3CC=CC=C32)cc1Cl. The van der Waals surface area contributed by atoms with E-state index in [0.29, 0.717) is 22.7 Å². The van der Waals surface area contributed by atoms with Gasteiger partial charge in [0.05, 0.1) is 13.5 Å². The Kier molecular flexibility index (Phi) is 7.46. The predicted molar refractivity (Wildman–Crippen MR) is 115 cm³/mol. The first kappa shape index (κ1) is 21.8. The third-order valence-electron chi connectivity index (χ3n) is 5.13. The molecule has 0 unspecified atom stereocenters. The third kappa shape index (κ3) is 5.39. The van der Waals surface area contributed by atoms with Crippen LogP contribution in [0.3, 0.4) is 0 Å². The van der Waals surface area contributed by atoms with E-state index in [-0.39, 0.29) is 31.2 Å². The van der Waals surface area contributed by atoms with E-state index in [1.54, 1.807) is 18.2 Å². The van der Waals surface area contributed by atoms with Gasteiger partial charge in [-0.3, -0.25) is 14.4 Å². The first-order valence-corrected chi connectivity index (χ1v) is 10.4. The fourth-order valence-corrected chi connectivity index (χ4v) is 3.70. The van der Waals surface area contributed by atoms with Gasteiger partial charge in [-0.1, -0.05) is 35.9 Å². The number of benzene rings is 1. The molecule has 0 bridgehead atoms. The summed E-state index contributed by atoms with van der Waals surface area (Å²) in [4.78, 5) is 38.0. The number of hydrogen-bond acceptors (Lipinski definition) is 4. The zero-order chi connectivity index (χ0) is 21.5. The molecular formula is C23H25ClN2O4. The number of allylic oxidation sites excluding steroid dienone is 5. The van der Waals surface area contributed by atoms with E-state index in [1.165, 1.54) is 12.7 Å². The summed E-state index contributed by atoms with van der Waals surface area (Å²) >= 11 is 6.38. The van der Waals surface area contributed by atoms with Crippen molar-refractivity contribution in [3.63, 3.8) is 0 Å². The maximum Gasteiger partial charge on any atom is 0.306 e. The van der Waals surface area contributed by atoms with Crippen molar-refractivity contribution in [1.29, 1.82) is 0 Å². The third-order valence-corrected chi connectivity index (χ3v) is 5.48. The van der Waals surface area contributed by atoms with Crippen LogP contribution in [-0.2, 0) is 20.9 Å². The van der Waals surface area contributed by atoms with Crippen molar-refractivity contribution in [2.24, 2.45) is 0 Å². The number of fused-ring (bicyclic) bond motifs is 1. The molecule has 1 N–H and O–H groups in total. The van der Waals surface area contributed by atoms with E-state index >= 15 is 0 Å². The van der Waals surface area contributed by atoms with E-state index in [9.17, 15) is 14.4 Å². The summed E-state index contributed by atoms with van der Waals surface area (Å²) in [7, 11) is 1.28. The molecule has 0 fully saturated rings. The Morgan fingerprint density at radius 3 is 2.83 bits per heavy atom. The minimum absolute atomic E-state index is 0.0286. The highest BCUT2D eigenvalue weighted by molar-refractivity contribution is 6.31. The zero-order valence-electron chi connectivity index (χ0n) is 16.9. The fraction of sp³-hybridized carbons (Fsp3) is 0.348. The summed E-state index contributed by atoms with van der Waals surface area (Å²) in [6.07, 6.45) is 11.1. The largest absolute Gasteiger partial charge is 0.469 e. The highest BCUT2D eigenvalue weighted by Crippen LogP contribution is 2.29. The summed E-state index contributed by atoms with van der Waals surface area (Å²) in [5, 5.41) is 3.14. The summed E-state index contributed by atoms with van der Waals surface area (Å²) < 4.78 is 4.52. The lowest BCUT2D eigenvalue weighted by Crippen LogP contribution is -2.31. The van der Waals surface area contributed by atoms with E-state index in [4.69, 9.17) is 11.6 Å². The molecule has 1 heterocycles. The van der Waals surface area contributed by atoms with Crippen LogP contribution in [0, 0.1) is 0 Å². The number of hydrogen-bond donors (Lipinski definition) is 1. The molecule has 1 aromatic rings. The van der Waals surface area contributed by atoms with Crippen molar-refractivity contribution >= 4 is 29.4 Å². The van der Waals surface area contributed by atoms with E-state index < -0.39 is 5.97 Å². The molecule has 6 nitrogen and oxygen atoms in total. The Hall–Kier alpha value is -2.86. The van der Waals surface area contributed by atoms with Crippen LogP contribution < -0.4 is 5.32 Å². The molecule has 2 amide bonds. The maximum atomic E-state index is 13.2. The number of carbonyl (C=O) groups excluding carboxylic acids is 3. The van der Waals surface area contributed by atoms with Crippen LogP contribution in [0.5, 0.6) is 0 Å². The fourth-order valence-electron chi connectivity index (χ4n) is 3.45. The quantitative estimate of drug-likeness (QED) is 0.697. The highest BCUT2D eigenvalue weighted by atomic mass is 35.5. The van der Waals surface area contributed by atoms with Crippen molar-refractivity contribution in [2.75, 3.05) is 13.7 Å². The number of esters is 1. The lowest BCUT2D eigenvalue weighted by Gasteiger charge is -2.26. The lowest BCUT2D eigenvalue weighted by molar-refractivity contribution is -0.142. The van der Waals surface area contributed by atoms with Gasteiger partial charge in [0.1, 0.15) is 0 Å². The van der Waals surface area contributed by atoms with Gasteiger partial charge in [-0.2, -0.15) is 0 Å². The molecule has 1 aliphatic heterocycles. The molecule has 0 radical (unpaired) electrons. The van der Waals surface area contributed by atoms with Crippen LogP contribution in [0.2, 0.25) is 5.02 Å². The monoisotopic (exact) mass is 428 g/mol. The van der Waals surface area contributed by atoms with Gasteiger partial charge in [-0.25, -0.2) is 0 Å². The average molecular weight is 429 g/mol. The second-order valence-corrected chi connectivity index (χ2v) is 7.58. The van der Waals surface area contributed by atoms with Gasteiger partial charge in [0.25, 0.3) is 5.91 Å². The normalized spacial score (nSPS) is 15.5. The zero-order valence-corrected chi connectivity index (χ0v) is 17.7. The van der Waals surface area contributed by atoms with Crippen molar-refractivity contribution in [3.8, 4) is 0 Å². The summed E-state index contributed by atoms with van der Waals surface area (Å²) in [6, 6.07) is 5.13. The molecule has 0 aromatic heterocycles. The van der Waals surface area contributed by atoms with Crippen molar-refractivity contribution < 1.29 is 19.1 Å². The van der Waals surface area contributed by atoms with Crippen LogP contribution in [0.4, 0.5) is 0 Å². The summed E-state index contributed by atoms with van der Waals surface area (Å²) in [5.74, 6) is -0.779. The molecule has 0 atom stereocenters. The molecule has 2 aliphatic rings. The number of halogens is 1. The van der Waals surface area contributed by atoms with Gasteiger partial charge in [0, 0.05) is 35.8 Å². The van der Waals surface area contributed by atoms with Crippen LogP contribution >= 0.6 is 11.6 Å². The standard InChI is InChI=1S/C23H25ClN2O4/c1-30-22(28)12-11-21(27)25-15-18-10-9-17(14-19(18)24)23(29)26-13-5-4-7-16-6-2-3-8-20(16)26/h2-3,7-10,14H,4-6,11-13,15H2,1H3,(H,25,27). The first-order chi connectivity index (χ1) is 14.5. The number of rotatable bonds is 6. The van der Waals surface area contributed by atoms with Gasteiger partial charge in [-0.05, 0) is 48.6 Å². The molecular weight excluding hydrogens is 404 g/mol. The van der Waals surface area contributed by atoms with Gasteiger partial charge >= 0.3 is 5.97 Å². The van der Waals surface area contributed by atoms with Crippen molar-refractivity contribution in [1.82, 2.24) is 10.2 Å². The minimum atomic E-state index is -0.430. The Labute approximate surface area is 181 Å². The molecule has 7 heteroatoms. The predicted octanol–water partition coefficient (Wildman–Crippen LogP) is 3.92. The molecule has 158 valence electrons. The van der Waals surface area contributed by atoms with Crippen LogP contribution in [0.15, 0.2) is 53.8 Å². The summed E-state index contributed by atoms with van der Waals surface area (Å²) in [5.41, 5.74) is 3.35. The Morgan fingerprint density at radius 1 is 1.23 bits per heavy atom. The van der Waals surface area contributed by atoms with Gasteiger partial charge < -0.3 is 15.0 Å². The van der Waals surface area contributed by atoms with E-state index in [1.807, 2.05) is 17.1 Å². The van der Waals surface area contributed by atoms with Gasteiger partial charge in [0.15, 0.2) is 0 Å². The Balaban J connectivity index is 1.66. The Bertz CT molecular complexity index is 933.